The topological polar surface area (TPSA) is 372 Å². The molecule has 27 heteroatoms. The van der Waals surface area contributed by atoms with Crippen LogP contribution in [0, 0.1) is 0 Å². The van der Waals surface area contributed by atoms with Crippen molar-refractivity contribution in [3.63, 3.8) is 0 Å². The number of carbonyl (C=O) groups is 10. The Morgan fingerprint density at radius 3 is 1.37 bits per heavy atom. The van der Waals surface area contributed by atoms with Gasteiger partial charge in [0.1, 0.15) is 46.3 Å². The third kappa shape index (κ3) is 26.1. The second-order valence-electron chi connectivity index (χ2n) is 22.0. The smallest absolute Gasteiger partial charge is 0.408 e. The third-order valence-corrected chi connectivity index (χ3v) is 12.2. The monoisotopic (exact) mass is 1210 g/mol. The van der Waals surface area contributed by atoms with Crippen molar-refractivity contribution in [1.82, 2.24) is 43.0 Å². The summed E-state index contributed by atoms with van der Waals surface area (Å²) < 4.78 is 33.1. The number of amides is 10. The van der Waals surface area contributed by atoms with Gasteiger partial charge in [0.2, 0.25) is 23.6 Å². The minimum Gasteiger partial charge on any atom is -0.496 e. The molecule has 0 aromatic heterocycles. The first-order chi connectivity index (χ1) is 41.1. The predicted molar refractivity (Wildman–Crippen MR) is 324 cm³/mol. The number of nitrogens with two attached hydrogens (primary N) is 1. The average molecular weight is 1210 g/mol. The fourth-order valence-corrected chi connectivity index (χ4v) is 8.22. The van der Waals surface area contributed by atoms with E-state index in [2.05, 4.69) is 53.6 Å². The van der Waals surface area contributed by atoms with Crippen LogP contribution in [-0.2, 0) is 38.2 Å². The molecule has 0 bridgehead atoms. The average Bonchev–Trinajstić information content (AvgIpc) is 3.65. The number of anilines is 3. The first kappa shape index (κ1) is 69.9. The molecule has 27 nitrogen and oxygen atoms in total. The van der Waals surface area contributed by atoms with Crippen molar-refractivity contribution in [2.45, 2.75) is 143 Å². The molecule has 0 aliphatic rings. The van der Waals surface area contributed by atoms with Gasteiger partial charge in [-0.15, -0.1) is 0 Å². The maximum atomic E-state index is 13.3. The summed E-state index contributed by atoms with van der Waals surface area (Å²) in [6.45, 7) is 13.7. The van der Waals surface area contributed by atoms with Gasteiger partial charge in [0, 0.05) is 51.2 Å². The lowest BCUT2D eigenvalue weighted by molar-refractivity contribution is -0.124. The fourth-order valence-electron chi connectivity index (χ4n) is 8.22. The van der Waals surface area contributed by atoms with Gasteiger partial charge in [-0.2, -0.15) is 0 Å². The summed E-state index contributed by atoms with van der Waals surface area (Å²) >= 11 is 0. The van der Waals surface area contributed by atoms with Gasteiger partial charge in [-0.05, 0) is 164 Å². The lowest BCUT2D eigenvalue weighted by Crippen LogP contribution is -2.53. The second-order valence-corrected chi connectivity index (χ2v) is 22.0. The Morgan fingerprint density at radius 1 is 0.494 bits per heavy atom. The van der Waals surface area contributed by atoms with E-state index in [0.29, 0.717) is 73.6 Å². The van der Waals surface area contributed by atoms with Crippen molar-refractivity contribution in [2.24, 2.45) is 0 Å². The molecule has 0 aliphatic heterocycles. The van der Waals surface area contributed by atoms with E-state index in [9.17, 15) is 47.9 Å². The van der Waals surface area contributed by atoms with Crippen LogP contribution in [0.1, 0.15) is 140 Å². The molecule has 0 spiro atoms. The zero-order valence-electron chi connectivity index (χ0n) is 51.0. The molecular weight excluding hydrogens is 1130 g/mol. The molecule has 12 N–H and O–H groups in total. The number of benzene rings is 4. The number of ether oxygens (including phenoxy) is 6. The van der Waals surface area contributed by atoms with Crippen LogP contribution >= 0.6 is 0 Å². The van der Waals surface area contributed by atoms with Gasteiger partial charge < -0.3 is 66.1 Å². The highest BCUT2D eigenvalue weighted by atomic mass is 16.6. The van der Waals surface area contributed by atoms with E-state index in [4.69, 9.17) is 34.2 Å². The van der Waals surface area contributed by atoms with E-state index in [0.717, 1.165) is 10.8 Å². The number of alkyl carbamates (subject to hydrolysis) is 2. The van der Waals surface area contributed by atoms with E-state index in [1.807, 2.05) is 12.1 Å². The molecule has 0 radical (unpaired) electrons. The van der Waals surface area contributed by atoms with E-state index in [1.165, 1.54) is 52.3 Å². The van der Waals surface area contributed by atoms with Gasteiger partial charge in [-0.3, -0.25) is 60.1 Å². The van der Waals surface area contributed by atoms with E-state index >= 15 is 0 Å². The zero-order valence-corrected chi connectivity index (χ0v) is 51.0. The zero-order chi connectivity index (χ0) is 64.3. The minimum absolute atomic E-state index is 0.0287. The Kier molecular flexibility index (Phi) is 27.7. The number of carbonyl (C=O) groups excluding carboxylic acids is 10. The number of methoxy groups -OCH3 is 2. The van der Waals surface area contributed by atoms with Gasteiger partial charge in [0.25, 0.3) is 23.6 Å². The van der Waals surface area contributed by atoms with Crippen LogP contribution in [0.25, 0.3) is 10.8 Å². The van der Waals surface area contributed by atoms with Crippen LogP contribution in [0.2, 0.25) is 0 Å². The van der Waals surface area contributed by atoms with Crippen LogP contribution in [0.3, 0.4) is 0 Å². The Labute approximate surface area is 505 Å². The van der Waals surface area contributed by atoms with E-state index < -0.39 is 59.1 Å². The second kappa shape index (κ2) is 34.4. The molecule has 4 aromatic carbocycles. The number of fused-ring (bicyclic) bond motifs is 1. The Morgan fingerprint density at radius 2 is 0.943 bits per heavy atom. The fraction of sp³-hybridized carbons (Fsp3) is 0.467. The quantitative estimate of drug-likeness (QED) is 0.0163. The highest BCUT2D eigenvalue weighted by molar-refractivity contribution is 6.01. The van der Waals surface area contributed by atoms with Gasteiger partial charge in [0.15, 0.2) is 0 Å². The first-order valence-electron chi connectivity index (χ1n) is 28.4. The molecule has 87 heavy (non-hydrogen) atoms. The summed E-state index contributed by atoms with van der Waals surface area (Å²) in [7, 11) is 2.73. The number of nitrogens with one attached hydrogen (secondary N) is 10. The Bertz CT molecular complexity index is 3070. The van der Waals surface area contributed by atoms with E-state index in [1.54, 1.807) is 71.9 Å². The number of hydrogen-bond acceptors (Lipinski definition) is 17. The maximum absolute atomic E-state index is 13.3. The number of hydrazine groups is 2. The maximum Gasteiger partial charge on any atom is 0.408 e. The number of rotatable bonds is 30. The van der Waals surface area contributed by atoms with Crippen molar-refractivity contribution in [1.29, 1.82) is 0 Å². The van der Waals surface area contributed by atoms with Crippen LogP contribution in [0.5, 0.6) is 23.0 Å². The van der Waals surface area contributed by atoms with Crippen molar-refractivity contribution >= 4 is 87.3 Å². The molecule has 4 aromatic rings. The summed E-state index contributed by atoms with van der Waals surface area (Å²) in [4.78, 5) is 127. The summed E-state index contributed by atoms with van der Waals surface area (Å²) in [5.74, 6) is -2.69. The van der Waals surface area contributed by atoms with Crippen LogP contribution < -0.4 is 78.3 Å². The molecule has 10 amide bonds. The molecule has 4 rings (SSSR count). The third-order valence-electron chi connectivity index (χ3n) is 12.2. The molecule has 0 saturated carbocycles. The van der Waals surface area contributed by atoms with Crippen LogP contribution in [-0.4, -0.2) is 123 Å². The highest BCUT2D eigenvalue weighted by Crippen LogP contribution is 2.31. The standard InChI is InChI=1S/C60H83N11O16/c1-36(72)64-40-22-25-48(82-9)43(34-40)53(76)68-70-55(78)46(66-57(80)86-59(3,4)5)17-11-13-27-62-51(74)19-15-29-84-42-24-21-38-32-45(61)50(33-39(38)31-42)85-30-16-20-52(75)63-28-14-12-18-47(67-58(81)87-60(6,7)8)56(79)71-69-54(77)44-35-41(65-37(2)73)23-26-49(44)83-10/h21-26,31-35,46-47H,11-20,27-30,61H2,1-10H3,(H,62,74)(H,63,75)(H,64,72)(H,65,73)(H,66,80)(H,67,81)(H,68,76)(H,69,77)(H,70,78)(H,71,79)/t46-,47-/m0/s1. The lowest BCUT2D eigenvalue weighted by atomic mass is 10.1. The molecule has 2 atom stereocenters. The highest BCUT2D eigenvalue weighted by Gasteiger charge is 2.27. The first-order valence-corrected chi connectivity index (χ1v) is 28.4. The van der Waals surface area contributed by atoms with Crippen LogP contribution in [0.15, 0.2) is 66.7 Å². The molecule has 474 valence electrons. The number of hydrogen-bond donors (Lipinski definition) is 11. The van der Waals surface area contributed by atoms with Gasteiger partial charge in [-0.1, -0.05) is 6.07 Å². The summed E-state index contributed by atoms with van der Waals surface area (Å²) in [5, 5.41) is 17.6. The minimum atomic E-state index is -1.12. The van der Waals surface area contributed by atoms with Gasteiger partial charge in [-0.25, -0.2) is 9.59 Å². The summed E-state index contributed by atoms with van der Waals surface area (Å²) in [6.07, 6.45) is 1.44. The summed E-state index contributed by atoms with van der Waals surface area (Å²) in [5.41, 5.74) is 15.0. The molecule has 0 heterocycles. The normalized spacial score (nSPS) is 11.7. The van der Waals surface area contributed by atoms with Crippen LogP contribution in [0.4, 0.5) is 26.7 Å². The van der Waals surface area contributed by atoms with E-state index in [-0.39, 0.29) is 91.7 Å². The van der Waals surface area contributed by atoms with Crippen molar-refractivity contribution in [2.75, 3.05) is 56.9 Å². The SMILES string of the molecule is COc1ccc(NC(C)=O)cc1C(=O)NNC(=O)[C@H](CCCCNC(=O)CCCOc1ccc2cc(N)c(OCCCC(=O)NCCCC[C@H](NC(=O)OC(C)(C)C)C(=O)NNC(=O)c3cc(NC(C)=O)ccc3OC)cc2c1)NC(=O)OC(C)(C)C. The molecule has 0 saturated heterocycles. The lowest BCUT2D eigenvalue weighted by Gasteiger charge is -2.23. The van der Waals surface area contributed by atoms with Gasteiger partial charge >= 0.3 is 12.2 Å². The van der Waals surface area contributed by atoms with Crippen molar-refractivity contribution in [3.05, 3.63) is 77.9 Å². The Balaban J connectivity index is 1.16. The molecule has 0 fully saturated rings. The largest absolute Gasteiger partial charge is 0.496 e. The van der Waals surface area contributed by atoms with Gasteiger partial charge in [0.05, 0.1) is 44.2 Å². The van der Waals surface area contributed by atoms with Crippen molar-refractivity contribution in [3.8, 4) is 23.0 Å². The molecular formula is C60H83N11O16. The predicted octanol–water partition coefficient (Wildman–Crippen LogP) is 5.96. The number of unbranched alkanes of at least 4 members (excludes halogenated alkanes) is 2. The summed E-state index contributed by atoms with van der Waals surface area (Å²) in [6, 6.07) is 15.6. The Hall–Kier alpha value is -9.56. The van der Waals surface area contributed by atoms with Crippen molar-refractivity contribution < 1.29 is 76.4 Å². The number of nitrogen functional groups attached to an aromatic ring is 1. The molecule has 0 aliphatic carbocycles. The molecule has 0 unspecified atom stereocenters.